The van der Waals surface area contributed by atoms with Gasteiger partial charge in [0.1, 0.15) is 0 Å². The Hall–Kier alpha value is 0.870. The second-order valence-electron chi connectivity index (χ2n) is 8.52. The molecule has 1 N–H and O–H groups in total. The summed E-state index contributed by atoms with van der Waals surface area (Å²) in [6.07, 6.45) is 20.2. The van der Waals surface area contributed by atoms with E-state index in [0.717, 1.165) is 57.8 Å². The van der Waals surface area contributed by atoms with E-state index in [-0.39, 0.29) is 35.7 Å². The van der Waals surface area contributed by atoms with Crippen molar-refractivity contribution >= 4 is 10.1 Å². The monoisotopic (exact) mass is 442 g/mol. The predicted molar refractivity (Wildman–Crippen MR) is 119 cm³/mol. The van der Waals surface area contributed by atoms with Crippen molar-refractivity contribution < 1.29 is 47.6 Å². The molecule has 0 aliphatic heterocycles. The first-order chi connectivity index (χ1) is 13.4. The van der Waals surface area contributed by atoms with Gasteiger partial charge in [-0.15, -0.1) is 0 Å². The van der Waals surface area contributed by atoms with E-state index in [0.29, 0.717) is 12.8 Å². The molecule has 0 heterocycles. The van der Waals surface area contributed by atoms with Crippen LogP contribution in [0.4, 0.5) is 0 Å². The fourth-order valence-corrected chi connectivity index (χ4v) is 4.85. The maximum atomic E-state index is 11.2. The topological polar surface area (TPSA) is 77.4 Å². The molecule has 6 heteroatoms. The van der Waals surface area contributed by atoms with Gasteiger partial charge in [0.05, 0.1) is 16.2 Å². The smallest absolute Gasteiger partial charge is 0.748 e. The number of hydrogen-bond donors (Lipinski definition) is 1. The number of rotatable bonds is 21. The molecule has 0 aliphatic carbocycles. The molecule has 29 heavy (non-hydrogen) atoms. The van der Waals surface area contributed by atoms with E-state index in [2.05, 4.69) is 6.92 Å². The average Bonchev–Trinajstić information content (AvgIpc) is 2.64. The third-order valence-electron chi connectivity index (χ3n) is 5.72. The van der Waals surface area contributed by atoms with Crippen LogP contribution in [-0.4, -0.2) is 29.4 Å². The van der Waals surface area contributed by atoms with Crippen LogP contribution in [0.2, 0.25) is 0 Å². The molecule has 0 amide bonds. The quantitative estimate of drug-likeness (QED) is 0.167. The SMILES string of the molecule is CCCCCCCCCCCC(O)CCCCCCCC(CCC)S(=O)(=O)[O-].[Na+]. The number of aliphatic hydroxyl groups is 1. The Morgan fingerprint density at radius 2 is 1.00 bits per heavy atom. The van der Waals surface area contributed by atoms with E-state index in [9.17, 15) is 18.1 Å². The number of unbranched alkanes of at least 4 members (excludes halogenated alkanes) is 12. The van der Waals surface area contributed by atoms with Crippen LogP contribution in [0.3, 0.4) is 0 Å². The Morgan fingerprint density at radius 3 is 1.38 bits per heavy atom. The summed E-state index contributed by atoms with van der Waals surface area (Å²) in [5.74, 6) is 0. The summed E-state index contributed by atoms with van der Waals surface area (Å²) in [5, 5.41) is 9.37. The molecular weight excluding hydrogens is 395 g/mol. The van der Waals surface area contributed by atoms with Gasteiger partial charge < -0.3 is 9.66 Å². The van der Waals surface area contributed by atoms with Crippen LogP contribution in [0.15, 0.2) is 0 Å². The van der Waals surface area contributed by atoms with Crippen LogP contribution in [0.1, 0.15) is 136 Å². The summed E-state index contributed by atoms with van der Waals surface area (Å²) in [4.78, 5) is 0. The molecule has 0 saturated heterocycles. The summed E-state index contributed by atoms with van der Waals surface area (Å²) in [5.41, 5.74) is 0. The summed E-state index contributed by atoms with van der Waals surface area (Å²) in [7, 11) is -4.14. The van der Waals surface area contributed by atoms with Crippen molar-refractivity contribution in [2.45, 2.75) is 147 Å². The molecule has 0 radical (unpaired) electrons. The maximum absolute atomic E-state index is 11.2. The molecule has 0 saturated carbocycles. The molecule has 0 rings (SSSR count). The van der Waals surface area contributed by atoms with Crippen molar-refractivity contribution in [2.24, 2.45) is 0 Å². The van der Waals surface area contributed by atoms with Gasteiger partial charge in [-0.05, 0) is 25.7 Å². The van der Waals surface area contributed by atoms with Crippen molar-refractivity contribution in [1.29, 1.82) is 0 Å². The molecule has 0 bridgehead atoms. The Bertz CT molecular complexity index is 429. The molecule has 170 valence electrons. The first-order valence-electron chi connectivity index (χ1n) is 12.0. The fourth-order valence-electron chi connectivity index (χ4n) is 3.87. The fraction of sp³-hybridized carbons (Fsp3) is 1.00. The molecule has 0 aliphatic rings. The largest absolute Gasteiger partial charge is 1.00 e. The normalized spacial score (nSPS) is 13.8. The van der Waals surface area contributed by atoms with E-state index < -0.39 is 15.4 Å². The van der Waals surface area contributed by atoms with Crippen LogP contribution in [0.25, 0.3) is 0 Å². The molecule has 0 aromatic carbocycles. The minimum absolute atomic E-state index is 0. The van der Waals surface area contributed by atoms with Gasteiger partial charge in [-0.2, -0.15) is 0 Å². The second kappa shape index (κ2) is 22.1. The van der Waals surface area contributed by atoms with Gasteiger partial charge in [0, 0.05) is 5.25 Å². The molecule has 0 aromatic rings. The molecule has 0 fully saturated rings. The van der Waals surface area contributed by atoms with Crippen LogP contribution in [-0.2, 0) is 10.1 Å². The van der Waals surface area contributed by atoms with Crippen LogP contribution in [0.5, 0.6) is 0 Å². The minimum atomic E-state index is -4.14. The zero-order valence-corrected chi connectivity index (χ0v) is 22.5. The van der Waals surface area contributed by atoms with Gasteiger partial charge in [-0.3, -0.25) is 0 Å². The van der Waals surface area contributed by atoms with E-state index in [1.54, 1.807) is 0 Å². The van der Waals surface area contributed by atoms with E-state index in [1.165, 1.54) is 51.4 Å². The molecular formula is C23H47NaO4S. The molecule has 4 nitrogen and oxygen atoms in total. The van der Waals surface area contributed by atoms with Crippen molar-refractivity contribution in [3.8, 4) is 0 Å². The Labute approximate surface area is 204 Å². The molecule has 0 spiro atoms. The van der Waals surface area contributed by atoms with E-state index in [4.69, 9.17) is 0 Å². The molecule has 0 aromatic heterocycles. The first-order valence-corrected chi connectivity index (χ1v) is 13.5. The minimum Gasteiger partial charge on any atom is -0.748 e. The standard InChI is InChI=1S/C23H48O4S.Na/c1-3-5-6-7-8-9-10-12-15-19-22(24)20-16-13-11-14-17-21-23(18-4-2)28(25,26)27;/h22-24H,3-21H2,1-2H3,(H,25,26,27);/q;+1/p-1. The van der Waals surface area contributed by atoms with Gasteiger partial charge in [0.25, 0.3) is 0 Å². The summed E-state index contributed by atoms with van der Waals surface area (Å²) < 4.78 is 33.5. The maximum Gasteiger partial charge on any atom is 1.00 e. The second-order valence-corrected chi connectivity index (χ2v) is 10.2. The zero-order chi connectivity index (χ0) is 21.1. The van der Waals surface area contributed by atoms with Gasteiger partial charge in [-0.1, -0.05) is 110 Å². The number of aliphatic hydroxyl groups excluding tert-OH is 1. The Morgan fingerprint density at radius 1 is 0.621 bits per heavy atom. The molecule has 2 atom stereocenters. The van der Waals surface area contributed by atoms with Gasteiger partial charge in [-0.25, -0.2) is 8.42 Å². The first kappa shape index (κ1) is 32.1. The van der Waals surface area contributed by atoms with Gasteiger partial charge in [0.15, 0.2) is 0 Å². The molecule has 2 unspecified atom stereocenters. The number of hydrogen-bond acceptors (Lipinski definition) is 4. The average molecular weight is 443 g/mol. The van der Waals surface area contributed by atoms with Gasteiger partial charge in [0.2, 0.25) is 0 Å². The summed E-state index contributed by atoms with van der Waals surface area (Å²) in [6, 6.07) is 0. The Kier molecular flexibility index (Phi) is 24.4. The van der Waals surface area contributed by atoms with E-state index >= 15 is 0 Å². The van der Waals surface area contributed by atoms with Crippen LogP contribution < -0.4 is 29.6 Å². The van der Waals surface area contributed by atoms with E-state index in [1.807, 2.05) is 6.92 Å². The van der Waals surface area contributed by atoms with Crippen molar-refractivity contribution in [3.05, 3.63) is 0 Å². The van der Waals surface area contributed by atoms with Crippen molar-refractivity contribution in [3.63, 3.8) is 0 Å². The zero-order valence-electron chi connectivity index (χ0n) is 19.7. The van der Waals surface area contributed by atoms with Crippen LogP contribution in [0, 0.1) is 0 Å². The third kappa shape index (κ3) is 21.9. The van der Waals surface area contributed by atoms with Crippen LogP contribution >= 0.6 is 0 Å². The summed E-state index contributed by atoms with van der Waals surface area (Å²) >= 11 is 0. The van der Waals surface area contributed by atoms with Gasteiger partial charge >= 0.3 is 29.6 Å². The Balaban J connectivity index is 0. The summed E-state index contributed by atoms with van der Waals surface area (Å²) in [6.45, 7) is 4.16. The third-order valence-corrected chi connectivity index (χ3v) is 7.01. The van der Waals surface area contributed by atoms with Crippen molar-refractivity contribution in [2.75, 3.05) is 0 Å². The van der Waals surface area contributed by atoms with Crippen molar-refractivity contribution in [1.82, 2.24) is 0 Å². The predicted octanol–water partition coefficient (Wildman–Crippen LogP) is 3.72.